The molecule has 1 heterocycles. The number of carbonyl (C=O) groups is 1. The number of hydrazone groups is 1. The van der Waals surface area contributed by atoms with Crippen LogP contribution in [0.25, 0.3) is 6.08 Å². The first-order valence-corrected chi connectivity index (χ1v) is 7.09. The van der Waals surface area contributed by atoms with E-state index in [9.17, 15) is 9.90 Å². The van der Waals surface area contributed by atoms with Gasteiger partial charge in [-0.25, -0.2) is 0 Å². The molecule has 0 bridgehead atoms. The summed E-state index contributed by atoms with van der Waals surface area (Å²) in [4.78, 5) is 12.6. The highest BCUT2D eigenvalue weighted by Gasteiger charge is 2.29. The molecule has 0 fully saturated rings. The van der Waals surface area contributed by atoms with E-state index in [1.165, 1.54) is 5.01 Å². The number of rotatable bonds is 2. The summed E-state index contributed by atoms with van der Waals surface area (Å²) in [7, 11) is 0. The van der Waals surface area contributed by atoms with Crippen LogP contribution >= 0.6 is 11.6 Å². The monoisotopic (exact) mass is 312 g/mol. The van der Waals surface area contributed by atoms with E-state index in [1.54, 1.807) is 61.5 Å². The van der Waals surface area contributed by atoms with Crippen LogP contribution in [0.3, 0.4) is 0 Å². The third-order valence-electron chi connectivity index (χ3n) is 3.35. The van der Waals surface area contributed by atoms with Crippen LogP contribution < -0.4 is 5.01 Å². The van der Waals surface area contributed by atoms with E-state index in [1.807, 2.05) is 0 Å². The topological polar surface area (TPSA) is 52.9 Å². The van der Waals surface area contributed by atoms with Crippen LogP contribution in [0.15, 0.2) is 59.2 Å². The average Bonchev–Trinajstić information content (AvgIpc) is 2.78. The lowest BCUT2D eigenvalue weighted by molar-refractivity contribution is -0.114. The van der Waals surface area contributed by atoms with Crippen molar-refractivity contribution in [2.45, 2.75) is 6.92 Å². The predicted molar refractivity (Wildman–Crippen MR) is 88.1 cm³/mol. The lowest BCUT2D eigenvalue weighted by Gasteiger charge is -2.13. The lowest BCUT2D eigenvalue weighted by atomic mass is 10.1. The van der Waals surface area contributed by atoms with Crippen LogP contribution in [0, 0.1) is 0 Å². The molecular weight excluding hydrogens is 300 g/mol. The standard InChI is InChI=1S/C17H13ClN2O2/c1-11-14(10-12-6-8-13(21)9-7-12)17(22)20(19-11)16-5-3-2-4-15(16)18/h2-10,21H,1H3/b14-10-. The van der Waals surface area contributed by atoms with E-state index in [2.05, 4.69) is 5.10 Å². The number of phenols is 1. The van der Waals surface area contributed by atoms with Crippen molar-refractivity contribution in [3.05, 3.63) is 64.7 Å². The molecule has 3 rings (SSSR count). The minimum absolute atomic E-state index is 0.183. The van der Waals surface area contributed by atoms with Crippen molar-refractivity contribution in [2.75, 3.05) is 5.01 Å². The van der Waals surface area contributed by atoms with Crippen molar-refractivity contribution in [1.82, 2.24) is 0 Å². The first-order chi connectivity index (χ1) is 10.6. The predicted octanol–water partition coefficient (Wildman–Crippen LogP) is 3.85. The van der Waals surface area contributed by atoms with Crippen molar-refractivity contribution < 1.29 is 9.90 Å². The maximum Gasteiger partial charge on any atom is 0.280 e. The first-order valence-electron chi connectivity index (χ1n) is 6.71. The first kappa shape index (κ1) is 14.4. The molecule has 22 heavy (non-hydrogen) atoms. The molecule has 0 unspecified atom stereocenters. The normalized spacial score (nSPS) is 16.3. The fourth-order valence-corrected chi connectivity index (χ4v) is 2.42. The van der Waals surface area contributed by atoms with Crippen LogP contribution in [0.2, 0.25) is 5.02 Å². The fraction of sp³-hybridized carbons (Fsp3) is 0.0588. The number of benzene rings is 2. The number of halogens is 1. The quantitative estimate of drug-likeness (QED) is 0.856. The van der Waals surface area contributed by atoms with E-state index in [0.29, 0.717) is 22.0 Å². The van der Waals surface area contributed by atoms with E-state index in [4.69, 9.17) is 11.6 Å². The van der Waals surface area contributed by atoms with Gasteiger partial charge in [0.05, 0.1) is 22.0 Å². The Morgan fingerprint density at radius 3 is 2.50 bits per heavy atom. The number of anilines is 1. The largest absolute Gasteiger partial charge is 0.508 e. The maximum atomic E-state index is 12.6. The summed E-state index contributed by atoms with van der Waals surface area (Å²) < 4.78 is 0. The molecule has 1 aliphatic heterocycles. The van der Waals surface area contributed by atoms with E-state index >= 15 is 0 Å². The Bertz CT molecular complexity index is 795. The highest BCUT2D eigenvalue weighted by atomic mass is 35.5. The zero-order chi connectivity index (χ0) is 15.7. The van der Waals surface area contributed by atoms with Crippen LogP contribution in [0.4, 0.5) is 5.69 Å². The van der Waals surface area contributed by atoms with Gasteiger partial charge >= 0.3 is 0 Å². The second-order valence-corrected chi connectivity index (χ2v) is 5.31. The molecule has 0 spiro atoms. The second kappa shape index (κ2) is 5.66. The Kier molecular flexibility index (Phi) is 3.69. The Morgan fingerprint density at radius 2 is 1.82 bits per heavy atom. The van der Waals surface area contributed by atoms with E-state index in [-0.39, 0.29) is 11.7 Å². The fourth-order valence-electron chi connectivity index (χ4n) is 2.21. The summed E-state index contributed by atoms with van der Waals surface area (Å²) in [6, 6.07) is 13.7. The molecule has 1 aliphatic rings. The van der Waals surface area contributed by atoms with Gasteiger partial charge in [-0.3, -0.25) is 4.79 Å². The summed E-state index contributed by atoms with van der Waals surface area (Å²) in [5, 5.41) is 15.4. The average molecular weight is 313 g/mol. The number of aromatic hydroxyl groups is 1. The van der Waals surface area contributed by atoms with Gasteiger partial charge in [0, 0.05) is 0 Å². The van der Waals surface area contributed by atoms with Crippen LogP contribution in [0.5, 0.6) is 5.75 Å². The number of nitrogens with zero attached hydrogens (tertiary/aromatic N) is 2. The van der Waals surface area contributed by atoms with Crippen molar-refractivity contribution in [1.29, 1.82) is 0 Å². The van der Waals surface area contributed by atoms with Gasteiger partial charge in [0.2, 0.25) is 0 Å². The molecule has 4 nitrogen and oxygen atoms in total. The molecule has 0 saturated heterocycles. The van der Waals surface area contributed by atoms with Crippen molar-refractivity contribution >= 4 is 35.0 Å². The summed E-state index contributed by atoms with van der Waals surface area (Å²) >= 11 is 6.13. The third kappa shape index (κ3) is 2.61. The highest BCUT2D eigenvalue weighted by molar-refractivity contribution is 6.37. The Morgan fingerprint density at radius 1 is 1.14 bits per heavy atom. The molecule has 5 heteroatoms. The van der Waals surface area contributed by atoms with Crippen molar-refractivity contribution in [3.63, 3.8) is 0 Å². The number of carbonyl (C=O) groups excluding carboxylic acids is 1. The van der Waals surface area contributed by atoms with Gasteiger partial charge in [-0.05, 0) is 42.8 Å². The molecule has 0 aliphatic carbocycles. The van der Waals surface area contributed by atoms with Crippen molar-refractivity contribution in [3.8, 4) is 5.75 Å². The smallest absolute Gasteiger partial charge is 0.280 e. The maximum absolute atomic E-state index is 12.6. The SMILES string of the molecule is CC1=NN(c2ccccc2Cl)C(=O)/C1=C\c1ccc(O)cc1. The van der Waals surface area contributed by atoms with Gasteiger partial charge in [-0.15, -0.1) is 0 Å². The Labute approximate surface area is 133 Å². The van der Waals surface area contributed by atoms with Gasteiger partial charge < -0.3 is 5.11 Å². The Hall–Kier alpha value is -2.59. The third-order valence-corrected chi connectivity index (χ3v) is 3.67. The van der Waals surface area contributed by atoms with Crippen LogP contribution in [-0.2, 0) is 4.79 Å². The summed E-state index contributed by atoms with van der Waals surface area (Å²) in [5.41, 5.74) is 2.50. The minimum atomic E-state index is -0.223. The number of para-hydroxylation sites is 1. The lowest BCUT2D eigenvalue weighted by Crippen LogP contribution is -2.21. The molecule has 0 aromatic heterocycles. The molecule has 0 saturated carbocycles. The number of hydrogen-bond acceptors (Lipinski definition) is 3. The summed E-state index contributed by atoms with van der Waals surface area (Å²) in [5.74, 6) is -0.0401. The van der Waals surface area contributed by atoms with E-state index < -0.39 is 0 Å². The van der Waals surface area contributed by atoms with Crippen LogP contribution in [-0.4, -0.2) is 16.7 Å². The molecule has 0 radical (unpaired) electrons. The Balaban J connectivity index is 1.97. The summed E-state index contributed by atoms with van der Waals surface area (Å²) in [6.07, 6.45) is 1.75. The van der Waals surface area contributed by atoms with Gasteiger partial charge in [-0.1, -0.05) is 35.9 Å². The minimum Gasteiger partial charge on any atom is -0.508 e. The van der Waals surface area contributed by atoms with Crippen LogP contribution in [0.1, 0.15) is 12.5 Å². The number of hydrogen-bond donors (Lipinski definition) is 1. The molecule has 1 amide bonds. The molecule has 0 atom stereocenters. The van der Waals surface area contributed by atoms with E-state index in [0.717, 1.165) is 5.56 Å². The number of amides is 1. The molecule has 110 valence electrons. The molecule has 2 aromatic carbocycles. The molecule has 1 N–H and O–H groups in total. The number of phenolic OH excluding ortho intramolecular Hbond substituents is 1. The zero-order valence-electron chi connectivity index (χ0n) is 11.8. The molecular formula is C17H13ClN2O2. The zero-order valence-corrected chi connectivity index (χ0v) is 12.6. The van der Waals surface area contributed by atoms with Gasteiger partial charge in [0.25, 0.3) is 5.91 Å². The van der Waals surface area contributed by atoms with Gasteiger partial charge in [0.1, 0.15) is 5.75 Å². The van der Waals surface area contributed by atoms with Gasteiger partial charge in [0.15, 0.2) is 0 Å². The van der Waals surface area contributed by atoms with Crippen molar-refractivity contribution in [2.24, 2.45) is 5.10 Å². The highest BCUT2D eigenvalue weighted by Crippen LogP contribution is 2.30. The second-order valence-electron chi connectivity index (χ2n) is 4.90. The molecule has 2 aromatic rings. The summed E-state index contributed by atoms with van der Waals surface area (Å²) in [6.45, 7) is 1.78. The van der Waals surface area contributed by atoms with Gasteiger partial charge in [-0.2, -0.15) is 10.1 Å².